The maximum Gasteiger partial charge on any atom is 0.343 e. The summed E-state index contributed by atoms with van der Waals surface area (Å²) >= 11 is 5.91. The molecule has 0 saturated heterocycles. The first-order valence-electron chi connectivity index (χ1n) is 6.49. The fourth-order valence-electron chi connectivity index (χ4n) is 1.72. The van der Waals surface area contributed by atoms with Crippen LogP contribution < -0.4 is 9.46 Å². The molecule has 6 nitrogen and oxygen atoms in total. The average Bonchev–Trinajstić information content (AvgIpc) is 2.52. The quantitative estimate of drug-likeness (QED) is 0.806. The molecule has 23 heavy (non-hydrogen) atoms. The first kappa shape index (κ1) is 17.1. The van der Waals surface area contributed by atoms with Crippen molar-refractivity contribution in [1.82, 2.24) is 0 Å². The number of carbonyl (C=O) groups excluding carboxylic acids is 1. The zero-order valence-electron chi connectivity index (χ0n) is 12.2. The van der Waals surface area contributed by atoms with E-state index in [9.17, 15) is 13.2 Å². The van der Waals surface area contributed by atoms with Crippen molar-refractivity contribution in [3.63, 3.8) is 0 Å². The highest BCUT2D eigenvalue weighted by Crippen LogP contribution is 2.25. The molecule has 0 fully saturated rings. The van der Waals surface area contributed by atoms with Gasteiger partial charge in [-0.1, -0.05) is 29.8 Å². The van der Waals surface area contributed by atoms with Gasteiger partial charge in [-0.15, -0.1) is 0 Å². The summed E-state index contributed by atoms with van der Waals surface area (Å²) in [5.74, 6) is -0.207. The van der Waals surface area contributed by atoms with Crippen molar-refractivity contribution in [3.8, 4) is 5.75 Å². The molecule has 0 aliphatic rings. The lowest BCUT2D eigenvalue weighted by atomic mass is 10.3. The lowest BCUT2D eigenvalue weighted by molar-refractivity contribution is -0.142. The van der Waals surface area contributed by atoms with E-state index in [4.69, 9.17) is 16.3 Å². The van der Waals surface area contributed by atoms with Crippen LogP contribution in [-0.4, -0.2) is 28.1 Å². The second kappa shape index (κ2) is 7.34. The average molecular weight is 356 g/mol. The molecule has 2 aromatic carbocycles. The zero-order valence-corrected chi connectivity index (χ0v) is 13.7. The Morgan fingerprint density at radius 2 is 1.91 bits per heavy atom. The van der Waals surface area contributed by atoms with Crippen LogP contribution in [0.25, 0.3) is 0 Å². The van der Waals surface area contributed by atoms with E-state index in [1.54, 1.807) is 30.3 Å². The van der Waals surface area contributed by atoms with Crippen molar-refractivity contribution in [2.75, 3.05) is 18.4 Å². The van der Waals surface area contributed by atoms with E-state index in [2.05, 4.69) is 9.46 Å². The normalized spacial score (nSPS) is 10.9. The van der Waals surface area contributed by atoms with E-state index in [0.717, 1.165) is 0 Å². The maximum atomic E-state index is 12.3. The summed E-state index contributed by atoms with van der Waals surface area (Å²) in [4.78, 5) is 11.0. The molecule has 0 amide bonds. The molecule has 0 atom stereocenters. The SMILES string of the molecule is COC(=O)COc1cccc(NS(=O)(=O)c2ccccc2Cl)c1. The maximum absolute atomic E-state index is 12.3. The molecule has 0 saturated carbocycles. The second-order valence-electron chi connectivity index (χ2n) is 4.43. The second-order valence-corrected chi connectivity index (χ2v) is 6.49. The Hall–Kier alpha value is -2.25. The minimum Gasteiger partial charge on any atom is -0.482 e. The number of rotatable bonds is 6. The summed E-state index contributed by atoms with van der Waals surface area (Å²) < 4.78 is 36.8. The minimum absolute atomic E-state index is 0.0254. The molecule has 0 radical (unpaired) electrons. The molecule has 0 aromatic heterocycles. The monoisotopic (exact) mass is 355 g/mol. The molecule has 2 rings (SSSR count). The molecular formula is C15H14ClNO5S. The Kier molecular flexibility index (Phi) is 5.46. The number of anilines is 1. The summed E-state index contributed by atoms with van der Waals surface area (Å²) in [6.07, 6.45) is 0. The first-order valence-corrected chi connectivity index (χ1v) is 8.35. The van der Waals surface area contributed by atoms with Gasteiger partial charge in [0, 0.05) is 6.07 Å². The van der Waals surface area contributed by atoms with E-state index in [1.165, 1.54) is 25.3 Å². The highest BCUT2D eigenvalue weighted by molar-refractivity contribution is 7.92. The van der Waals surface area contributed by atoms with Crippen LogP contribution in [0, 0.1) is 0 Å². The smallest absolute Gasteiger partial charge is 0.343 e. The number of sulfonamides is 1. The van der Waals surface area contributed by atoms with Gasteiger partial charge < -0.3 is 9.47 Å². The largest absolute Gasteiger partial charge is 0.482 e. The van der Waals surface area contributed by atoms with Crippen molar-refractivity contribution in [2.45, 2.75) is 4.90 Å². The van der Waals surface area contributed by atoms with E-state index in [1.807, 2.05) is 0 Å². The predicted octanol–water partition coefficient (Wildman–Crippen LogP) is 2.69. The summed E-state index contributed by atoms with van der Waals surface area (Å²) in [6, 6.07) is 12.3. The van der Waals surface area contributed by atoms with Crippen LogP contribution in [-0.2, 0) is 19.6 Å². The van der Waals surface area contributed by atoms with Crippen LogP contribution in [0.4, 0.5) is 5.69 Å². The number of nitrogens with one attached hydrogen (secondary N) is 1. The fourth-order valence-corrected chi connectivity index (χ4v) is 3.29. The van der Waals surface area contributed by atoms with Gasteiger partial charge >= 0.3 is 5.97 Å². The van der Waals surface area contributed by atoms with E-state index in [-0.39, 0.29) is 22.2 Å². The number of esters is 1. The molecule has 0 unspecified atom stereocenters. The van der Waals surface area contributed by atoms with Crippen molar-refractivity contribution in [1.29, 1.82) is 0 Å². The van der Waals surface area contributed by atoms with E-state index < -0.39 is 16.0 Å². The Labute approximate surface area is 139 Å². The van der Waals surface area contributed by atoms with Crippen LogP contribution in [0.5, 0.6) is 5.75 Å². The molecule has 2 aromatic rings. The Morgan fingerprint density at radius 3 is 2.61 bits per heavy atom. The fraction of sp³-hybridized carbons (Fsp3) is 0.133. The van der Waals surface area contributed by atoms with Crippen LogP contribution in [0.15, 0.2) is 53.4 Å². The van der Waals surface area contributed by atoms with Crippen molar-refractivity contribution < 1.29 is 22.7 Å². The van der Waals surface area contributed by atoms with Gasteiger partial charge in [0.05, 0.1) is 17.8 Å². The van der Waals surface area contributed by atoms with Crippen molar-refractivity contribution in [2.24, 2.45) is 0 Å². The summed E-state index contributed by atoms with van der Waals surface area (Å²) in [5.41, 5.74) is 0.285. The summed E-state index contributed by atoms with van der Waals surface area (Å²) in [6.45, 7) is -0.267. The van der Waals surface area contributed by atoms with Gasteiger partial charge in [-0.25, -0.2) is 13.2 Å². The Bertz CT molecular complexity index is 807. The summed E-state index contributed by atoms with van der Waals surface area (Å²) in [5, 5.41) is 0.123. The molecule has 122 valence electrons. The van der Waals surface area contributed by atoms with Crippen molar-refractivity contribution >= 4 is 33.3 Å². The van der Waals surface area contributed by atoms with Gasteiger partial charge in [0.25, 0.3) is 10.0 Å². The van der Waals surface area contributed by atoms with Crippen LogP contribution in [0.2, 0.25) is 5.02 Å². The summed E-state index contributed by atoms with van der Waals surface area (Å²) in [7, 11) is -2.58. The van der Waals surface area contributed by atoms with Crippen LogP contribution in [0.3, 0.4) is 0 Å². The number of hydrogen-bond acceptors (Lipinski definition) is 5. The molecule has 0 spiro atoms. The van der Waals surface area contributed by atoms with E-state index >= 15 is 0 Å². The van der Waals surface area contributed by atoms with Crippen LogP contribution in [0.1, 0.15) is 0 Å². The number of halogens is 1. The molecular weight excluding hydrogens is 342 g/mol. The standard InChI is InChI=1S/C15H14ClNO5S/c1-21-15(18)10-22-12-6-4-5-11(9-12)17-23(19,20)14-8-3-2-7-13(14)16/h2-9,17H,10H2,1H3. The number of methoxy groups -OCH3 is 1. The number of ether oxygens (including phenoxy) is 2. The molecule has 0 aliphatic carbocycles. The van der Waals surface area contributed by atoms with Gasteiger partial charge in [-0.2, -0.15) is 0 Å². The lowest BCUT2D eigenvalue weighted by Gasteiger charge is -2.11. The zero-order chi connectivity index (χ0) is 16.9. The lowest BCUT2D eigenvalue weighted by Crippen LogP contribution is -2.14. The highest BCUT2D eigenvalue weighted by atomic mass is 35.5. The van der Waals surface area contributed by atoms with Crippen LogP contribution >= 0.6 is 11.6 Å². The molecule has 0 bridgehead atoms. The van der Waals surface area contributed by atoms with Crippen molar-refractivity contribution in [3.05, 3.63) is 53.6 Å². The number of carbonyl (C=O) groups is 1. The minimum atomic E-state index is -3.83. The molecule has 8 heteroatoms. The molecule has 1 N–H and O–H groups in total. The van der Waals surface area contributed by atoms with Gasteiger partial charge in [0.1, 0.15) is 10.6 Å². The van der Waals surface area contributed by atoms with Gasteiger partial charge in [0.15, 0.2) is 6.61 Å². The van der Waals surface area contributed by atoms with E-state index in [0.29, 0.717) is 5.75 Å². The third kappa shape index (κ3) is 4.61. The molecule has 0 heterocycles. The Balaban J connectivity index is 2.17. The molecule has 0 aliphatic heterocycles. The van der Waals surface area contributed by atoms with Gasteiger partial charge in [0.2, 0.25) is 0 Å². The van der Waals surface area contributed by atoms with Gasteiger partial charge in [-0.3, -0.25) is 4.72 Å². The van der Waals surface area contributed by atoms with Gasteiger partial charge in [-0.05, 0) is 24.3 Å². The number of benzene rings is 2. The third-order valence-electron chi connectivity index (χ3n) is 2.80. The third-order valence-corrected chi connectivity index (χ3v) is 4.68. The number of hydrogen-bond donors (Lipinski definition) is 1. The predicted molar refractivity (Wildman–Crippen MR) is 86.2 cm³/mol. The topological polar surface area (TPSA) is 81.7 Å². The Morgan fingerprint density at radius 1 is 1.17 bits per heavy atom. The first-order chi connectivity index (χ1) is 10.9. The highest BCUT2D eigenvalue weighted by Gasteiger charge is 2.17.